The lowest BCUT2D eigenvalue weighted by Gasteiger charge is -2.21. The van der Waals surface area contributed by atoms with Crippen LogP contribution in [0.2, 0.25) is 0 Å². The van der Waals surface area contributed by atoms with E-state index < -0.39 is 23.9 Å². The molecule has 11 nitrogen and oxygen atoms in total. The molecule has 4 saturated carbocycles. The standard InChI is InChI=1S/C25H26FN3O2.C19H20FNO3.C7H7F3N2.C2H3F3/c1-2-16(25(30)29-22-6-4-3-5-20(22)27)24-17-12-15(13-18(17)24)31-23-9-10-28-21-8-7-14(26)11-19(21)23;1-2-12(19(22)23)18-13-8-11(9-14(13)18)24-17-5-6-21-16-4-3-10(20)7-15(16)17;8-7(9,10)4-1-2-5(11)6(12)3-4;1-2(3,4)5/h3-11,15-18,24H,2,12-13,27H2,1H3,(H,29,30);3-7,11-14,18H,2,8-9H2,1H3,(H,22,23);1-3H,11-12H2;1H3/t15?,16?,17-,18+,24?;11?,12?,13-,14+,18?;;. The molecule has 10 atom stereocenters. The molecule has 0 spiro atoms. The quantitative estimate of drug-likeness (QED) is 0.0617. The lowest BCUT2D eigenvalue weighted by molar-refractivity contribution is -0.143. The maximum Gasteiger partial charge on any atom is 0.416 e. The molecule has 4 aliphatic rings. The number of carbonyl (C=O) groups excluding carboxylic acids is 1. The van der Waals surface area contributed by atoms with Crippen LogP contribution in [0.15, 0.2) is 103 Å². The number of hydrogen-bond donors (Lipinski definition) is 5. The number of hydrogen-bond acceptors (Lipinski definition) is 9. The molecule has 10 rings (SSSR count). The van der Waals surface area contributed by atoms with Gasteiger partial charge in [0.25, 0.3) is 0 Å². The molecular formula is C53H56F8N6O5. The van der Waals surface area contributed by atoms with Gasteiger partial charge in [-0.05, 0) is 153 Å². The van der Waals surface area contributed by atoms with Gasteiger partial charge < -0.3 is 37.1 Å². The van der Waals surface area contributed by atoms with Crippen molar-refractivity contribution in [3.8, 4) is 11.5 Å². The second-order valence-corrected chi connectivity index (χ2v) is 18.7. The maximum absolute atomic E-state index is 13.7. The van der Waals surface area contributed by atoms with Gasteiger partial charge in [-0.25, -0.2) is 8.78 Å². The molecule has 1 amide bonds. The van der Waals surface area contributed by atoms with E-state index in [4.69, 9.17) is 26.7 Å². The molecule has 8 N–H and O–H groups in total. The number of amides is 1. The first-order valence-corrected chi connectivity index (χ1v) is 23.6. The van der Waals surface area contributed by atoms with Gasteiger partial charge in [-0.15, -0.1) is 0 Å². The summed E-state index contributed by atoms with van der Waals surface area (Å²) in [7, 11) is 0. The van der Waals surface area contributed by atoms with E-state index in [1.54, 1.807) is 42.7 Å². The Morgan fingerprint density at radius 3 is 1.53 bits per heavy atom. The molecule has 2 aromatic heterocycles. The van der Waals surface area contributed by atoms with E-state index in [9.17, 15) is 49.8 Å². The number of aliphatic carboxylic acids is 1. The Kier molecular flexibility index (Phi) is 16.0. The number of carboxylic acids is 1. The van der Waals surface area contributed by atoms with E-state index in [0.29, 0.717) is 81.1 Å². The number of alkyl halides is 6. The molecular weight excluding hydrogens is 953 g/mol. The van der Waals surface area contributed by atoms with Gasteiger partial charge in [0.1, 0.15) is 23.1 Å². The van der Waals surface area contributed by atoms with Gasteiger partial charge in [-0.2, -0.15) is 26.3 Å². The van der Waals surface area contributed by atoms with Gasteiger partial charge in [-0.1, -0.05) is 26.0 Å². The Morgan fingerprint density at radius 1 is 0.653 bits per heavy atom. The lowest BCUT2D eigenvalue weighted by atomic mass is 9.93. The smallest absolute Gasteiger partial charge is 0.416 e. The zero-order valence-electron chi connectivity index (χ0n) is 39.6. The maximum atomic E-state index is 13.7. The Hall–Kier alpha value is -6.92. The number of aromatic nitrogens is 2. The van der Waals surface area contributed by atoms with Gasteiger partial charge >= 0.3 is 18.3 Å². The van der Waals surface area contributed by atoms with Crippen molar-refractivity contribution in [1.82, 2.24) is 9.97 Å². The molecule has 19 heteroatoms. The minimum atomic E-state index is -4.36. The van der Waals surface area contributed by atoms with Crippen LogP contribution in [0.3, 0.4) is 0 Å². The number of carboxylic acid groups (broad SMARTS) is 1. The minimum Gasteiger partial charge on any atom is -0.490 e. The highest BCUT2D eigenvalue weighted by molar-refractivity contribution is 5.95. The molecule has 6 aromatic rings. The summed E-state index contributed by atoms with van der Waals surface area (Å²) in [6.45, 7) is 4.20. The van der Waals surface area contributed by atoms with Gasteiger partial charge in [0.05, 0.1) is 57.5 Å². The number of nitrogen functional groups attached to an aromatic ring is 3. The van der Waals surface area contributed by atoms with Crippen LogP contribution in [0.4, 0.5) is 57.9 Å². The number of nitrogens with zero attached hydrogens (tertiary/aromatic N) is 2. The van der Waals surface area contributed by atoms with Crippen molar-refractivity contribution in [3.05, 3.63) is 121 Å². The number of nitrogens with two attached hydrogens (primary N) is 3. The number of ether oxygens (including phenoxy) is 2. The fourth-order valence-corrected chi connectivity index (χ4v) is 10.7. The topological polar surface area (TPSA) is 189 Å². The fraction of sp³-hybridized carbons (Fsp3) is 0.396. The predicted molar refractivity (Wildman–Crippen MR) is 258 cm³/mol. The van der Waals surface area contributed by atoms with E-state index in [1.807, 2.05) is 25.1 Å². The molecule has 72 heavy (non-hydrogen) atoms. The predicted octanol–water partition coefficient (Wildman–Crippen LogP) is 12.4. The van der Waals surface area contributed by atoms with Crippen LogP contribution in [-0.4, -0.2) is 45.3 Å². The molecule has 4 aromatic carbocycles. The van der Waals surface area contributed by atoms with Crippen LogP contribution in [-0.2, 0) is 15.8 Å². The van der Waals surface area contributed by atoms with Crippen molar-refractivity contribution in [2.75, 3.05) is 22.5 Å². The number of carbonyl (C=O) groups is 2. The molecule has 4 aliphatic carbocycles. The summed E-state index contributed by atoms with van der Waals surface area (Å²) in [6, 6.07) is 22.8. The highest BCUT2D eigenvalue weighted by Crippen LogP contribution is 2.63. The molecule has 0 saturated heterocycles. The molecule has 6 unspecified atom stereocenters. The average Bonchev–Trinajstić information content (AvgIpc) is 3.99. The summed E-state index contributed by atoms with van der Waals surface area (Å²) in [5.74, 6) is 2.47. The Bertz CT molecular complexity index is 2860. The number of pyridine rings is 2. The van der Waals surface area contributed by atoms with Crippen LogP contribution in [0, 0.1) is 59.0 Å². The van der Waals surface area contributed by atoms with Crippen molar-refractivity contribution >= 4 is 56.4 Å². The second kappa shape index (κ2) is 21.8. The van der Waals surface area contributed by atoms with Gasteiger partial charge in [-0.3, -0.25) is 19.6 Å². The van der Waals surface area contributed by atoms with Crippen molar-refractivity contribution in [2.45, 2.75) is 83.9 Å². The molecule has 0 radical (unpaired) electrons. The number of anilines is 4. The molecule has 4 fully saturated rings. The Labute approximate surface area is 410 Å². The summed E-state index contributed by atoms with van der Waals surface area (Å²) >= 11 is 0. The first-order chi connectivity index (χ1) is 34.0. The van der Waals surface area contributed by atoms with Crippen molar-refractivity contribution in [2.24, 2.45) is 47.3 Å². The van der Waals surface area contributed by atoms with Gasteiger partial charge in [0.15, 0.2) is 0 Å². The van der Waals surface area contributed by atoms with E-state index >= 15 is 0 Å². The molecule has 0 bridgehead atoms. The minimum absolute atomic E-state index is 0.0218. The summed E-state index contributed by atoms with van der Waals surface area (Å²) in [6.07, 6.45) is 0.284. The Balaban J connectivity index is 0.000000163. The first-order valence-electron chi connectivity index (χ1n) is 23.6. The van der Waals surface area contributed by atoms with E-state index in [0.717, 1.165) is 55.8 Å². The lowest BCUT2D eigenvalue weighted by Crippen LogP contribution is -2.27. The number of fused-ring (bicyclic) bond motifs is 4. The summed E-state index contributed by atoms with van der Waals surface area (Å²) in [5.41, 5.74) is 18.4. The Morgan fingerprint density at radius 2 is 1.11 bits per heavy atom. The fourth-order valence-electron chi connectivity index (χ4n) is 10.7. The van der Waals surface area contributed by atoms with Crippen molar-refractivity contribution in [1.29, 1.82) is 0 Å². The number of para-hydroxylation sites is 2. The highest BCUT2D eigenvalue weighted by atomic mass is 19.4. The zero-order chi connectivity index (χ0) is 52.2. The van der Waals surface area contributed by atoms with E-state index in [-0.39, 0.29) is 59.9 Å². The van der Waals surface area contributed by atoms with E-state index in [1.165, 1.54) is 24.3 Å². The number of nitrogens with one attached hydrogen (secondary N) is 1. The number of benzene rings is 4. The van der Waals surface area contributed by atoms with Crippen LogP contribution in [0.1, 0.15) is 64.9 Å². The summed E-state index contributed by atoms with van der Waals surface area (Å²) < 4.78 is 107. The first kappa shape index (κ1) is 52.9. The van der Waals surface area contributed by atoms with Crippen molar-refractivity contribution in [3.63, 3.8) is 0 Å². The van der Waals surface area contributed by atoms with Crippen LogP contribution in [0.5, 0.6) is 11.5 Å². The third-order valence-corrected chi connectivity index (χ3v) is 13.9. The average molecular weight is 1010 g/mol. The molecule has 384 valence electrons. The summed E-state index contributed by atoms with van der Waals surface area (Å²) in [4.78, 5) is 32.8. The highest BCUT2D eigenvalue weighted by Gasteiger charge is 2.61. The molecule has 0 aliphatic heterocycles. The molecule has 2 heterocycles. The zero-order valence-corrected chi connectivity index (χ0v) is 39.6. The normalized spacial score (nSPS) is 23.3. The number of rotatable bonds is 11. The van der Waals surface area contributed by atoms with E-state index in [2.05, 4.69) is 22.2 Å². The van der Waals surface area contributed by atoms with Crippen LogP contribution in [0.25, 0.3) is 21.8 Å². The van der Waals surface area contributed by atoms with Crippen LogP contribution < -0.4 is 32.0 Å². The third-order valence-electron chi connectivity index (χ3n) is 13.9. The van der Waals surface area contributed by atoms with Gasteiger partial charge in [0, 0.05) is 36.0 Å². The SMILES string of the molecule is CC(F)(F)F.CCC(C(=O)Nc1ccccc1N)C1[C@H]2CC(Oc3ccnc4ccc(F)cc34)C[C@@H]12.CCC(C(=O)O)C1[C@H]2CC(Oc3ccnc4ccc(F)cc34)C[C@@H]12.Nc1ccc(C(F)(F)F)cc1N. The monoisotopic (exact) mass is 1010 g/mol. The third kappa shape index (κ3) is 12.9. The van der Waals surface area contributed by atoms with Crippen molar-refractivity contribution < 1.29 is 59.3 Å². The summed E-state index contributed by atoms with van der Waals surface area (Å²) in [5, 5.41) is 13.7. The van der Waals surface area contributed by atoms with Crippen LogP contribution >= 0.6 is 0 Å². The van der Waals surface area contributed by atoms with Gasteiger partial charge in [0.2, 0.25) is 5.91 Å². The second-order valence-electron chi connectivity index (χ2n) is 18.7. The largest absolute Gasteiger partial charge is 0.490 e. The number of halogens is 8.